The Labute approximate surface area is 244 Å². The molecule has 4 N–H and O–H groups in total. The third kappa shape index (κ3) is 21.2. The quantitative estimate of drug-likeness (QED) is 0.128. The molecule has 2 unspecified atom stereocenters. The highest BCUT2D eigenvalue weighted by Crippen LogP contribution is 2.15. The Bertz CT molecular complexity index is 965. The van der Waals surface area contributed by atoms with Gasteiger partial charge in [-0.3, -0.25) is 19.2 Å². The van der Waals surface area contributed by atoms with Gasteiger partial charge in [0.2, 0.25) is 11.8 Å². The molecule has 0 fully saturated rings. The summed E-state index contributed by atoms with van der Waals surface area (Å²) in [6, 6.07) is 3.84. The van der Waals surface area contributed by atoms with Crippen molar-refractivity contribution in [2.45, 2.75) is 92.7 Å². The summed E-state index contributed by atoms with van der Waals surface area (Å²) < 4.78 is 13.3. The zero-order valence-electron chi connectivity index (χ0n) is 25.7. The lowest BCUT2D eigenvalue weighted by Crippen LogP contribution is -2.39. The molecule has 2 amide bonds. The smallest absolute Gasteiger partial charge is 0.238 e. The van der Waals surface area contributed by atoms with Gasteiger partial charge in [-0.2, -0.15) is 0 Å². The summed E-state index contributed by atoms with van der Waals surface area (Å²) in [5.74, 6) is -0.715. The van der Waals surface area contributed by atoms with E-state index in [2.05, 4.69) is 22.9 Å². The lowest BCUT2D eigenvalue weighted by Gasteiger charge is -2.15. The second-order valence-corrected chi connectivity index (χ2v) is 9.99. The van der Waals surface area contributed by atoms with Gasteiger partial charge in [0, 0.05) is 12.3 Å². The van der Waals surface area contributed by atoms with Crippen molar-refractivity contribution in [1.29, 1.82) is 0 Å². The Morgan fingerprint density at radius 1 is 1.00 bits per heavy atom. The van der Waals surface area contributed by atoms with Crippen molar-refractivity contribution in [3.05, 3.63) is 41.7 Å². The molecule has 0 aliphatic carbocycles. The molecule has 0 heterocycles. The van der Waals surface area contributed by atoms with E-state index < -0.39 is 5.82 Å². The molecule has 1 aromatic rings. The number of anilines is 1. The molecule has 9 nitrogen and oxygen atoms in total. The average Bonchev–Trinajstić information content (AvgIpc) is 2.94. The number of aliphatic hydroxyl groups is 1. The third-order valence-corrected chi connectivity index (χ3v) is 5.86. The number of hydrogen-bond donors (Lipinski definition) is 4. The minimum atomic E-state index is -0.550. The molecule has 0 aromatic heterocycles. The van der Waals surface area contributed by atoms with Gasteiger partial charge in [0.1, 0.15) is 12.1 Å². The van der Waals surface area contributed by atoms with Crippen LogP contribution in [0.15, 0.2) is 30.4 Å². The van der Waals surface area contributed by atoms with Crippen molar-refractivity contribution in [1.82, 2.24) is 10.6 Å². The molecule has 10 heteroatoms. The number of unbranched alkanes of at least 4 members (excludes halogenated alkanes) is 3. The van der Waals surface area contributed by atoms with Gasteiger partial charge in [-0.1, -0.05) is 59.9 Å². The topological polar surface area (TPSA) is 142 Å². The lowest BCUT2D eigenvalue weighted by molar-refractivity contribution is -0.124. The standard InChI is InChI=1S/C12H23NO2.C10H13FN2O2.C9H14O2/c1-4-5-6-7-8-12(15)13-11(9-14)10(2)3;1-12-5-10(15)13-9-3-2-7(6-14)4-8(9)11;1-4-7(2)9(11)6-5-8(3)10/h9-11H,4-8H2,1-3H3,(H,13,15);2-4,12,14H,5-6H2,1H3,(H,13,15);5-7H,4H2,1-3H3/b;;6-5-. The van der Waals surface area contributed by atoms with Crippen LogP contribution in [0.25, 0.3) is 0 Å². The number of nitrogens with one attached hydrogen (secondary N) is 3. The van der Waals surface area contributed by atoms with E-state index in [4.69, 9.17) is 5.11 Å². The van der Waals surface area contributed by atoms with Crippen LogP contribution in [0.3, 0.4) is 0 Å². The third-order valence-electron chi connectivity index (χ3n) is 5.86. The number of ketones is 2. The van der Waals surface area contributed by atoms with Crippen molar-refractivity contribution >= 4 is 35.4 Å². The fourth-order valence-corrected chi connectivity index (χ4v) is 3.01. The first-order chi connectivity index (χ1) is 19.4. The number of halogens is 1. The molecule has 2 atom stereocenters. The minimum Gasteiger partial charge on any atom is -0.392 e. The van der Waals surface area contributed by atoms with Crippen LogP contribution in [0.1, 0.15) is 85.6 Å². The highest BCUT2D eigenvalue weighted by Gasteiger charge is 2.14. The van der Waals surface area contributed by atoms with Crippen LogP contribution >= 0.6 is 0 Å². The monoisotopic (exact) mass is 579 g/mol. The van der Waals surface area contributed by atoms with E-state index in [9.17, 15) is 28.4 Å². The summed E-state index contributed by atoms with van der Waals surface area (Å²) in [4.78, 5) is 54.6. The summed E-state index contributed by atoms with van der Waals surface area (Å²) in [6.45, 7) is 11.1. The number of aldehydes is 1. The highest BCUT2D eigenvalue weighted by atomic mass is 19.1. The van der Waals surface area contributed by atoms with E-state index in [1.165, 1.54) is 44.1 Å². The number of carbonyl (C=O) groups is 5. The summed E-state index contributed by atoms with van der Waals surface area (Å²) in [5, 5.41) is 16.6. The van der Waals surface area contributed by atoms with E-state index >= 15 is 0 Å². The first kappa shape index (κ1) is 39.9. The van der Waals surface area contributed by atoms with Crippen molar-refractivity contribution in [2.75, 3.05) is 18.9 Å². The van der Waals surface area contributed by atoms with Crippen molar-refractivity contribution in [3.8, 4) is 0 Å². The van der Waals surface area contributed by atoms with E-state index in [1.807, 2.05) is 27.7 Å². The molecule has 0 aliphatic rings. The van der Waals surface area contributed by atoms with Crippen molar-refractivity contribution in [3.63, 3.8) is 0 Å². The number of likely N-dealkylation sites (N-methyl/N-ethyl adjacent to an activating group) is 1. The zero-order chi connectivity index (χ0) is 31.8. The molecule has 0 radical (unpaired) electrons. The maximum atomic E-state index is 13.3. The van der Waals surface area contributed by atoms with Gasteiger partial charge < -0.3 is 25.9 Å². The molecule has 0 bridgehead atoms. The Balaban J connectivity index is 0. The van der Waals surface area contributed by atoms with E-state index in [0.29, 0.717) is 12.0 Å². The highest BCUT2D eigenvalue weighted by molar-refractivity contribution is 5.98. The van der Waals surface area contributed by atoms with Gasteiger partial charge in [-0.25, -0.2) is 4.39 Å². The summed E-state index contributed by atoms with van der Waals surface area (Å²) >= 11 is 0. The number of carbonyl (C=O) groups excluding carboxylic acids is 5. The van der Waals surface area contributed by atoms with E-state index in [-0.39, 0.29) is 60.1 Å². The maximum Gasteiger partial charge on any atom is 0.238 e. The molecule has 41 heavy (non-hydrogen) atoms. The predicted molar refractivity (Wildman–Crippen MR) is 161 cm³/mol. The molecule has 1 rings (SSSR count). The number of hydrogen-bond acceptors (Lipinski definition) is 7. The second-order valence-electron chi connectivity index (χ2n) is 9.99. The fraction of sp³-hybridized carbons (Fsp3) is 0.581. The minimum absolute atomic E-state index is 0.00287. The van der Waals surface area contributed by atoms with E-state index in [1.54, 1.807) is 13.1 Å². The van der Waals surface area contributed by atoms with Gasteiger partial charge in [0.25, 0.3) is 0 Å². The fourth-order valence-electron chi connectivity index (χ4n) is 3.01. The number of rotatable bonds is 16. The molecule has 0 spiro atoms. The van der Waals surface area contributed by atoms with Crippen LogP contribution in [0.2, 0.25) is 0 Å². The molecule has 1 aromatic carbocycles. The first-order valence-electron chi connectivity index (χ1n) is 14.2. The van der Waals surface area contributed by atoms with Crippen LogP contribution in [0, 0.1) is 17.7 Å². The van der Waals surface area contributed by atoms with Crippen LogP contribution in [-0.4, -0.2) is 54.4 Å². The maximum absolute atomic E-state index is 13.3. The Morgan fingerprint density at radius 3 is 2.12 bits per heavy atom. The average molecular weight is 580 g/mol. The van der Waals surface area contributed by atoms with Gasteiger partial charge in [-0.15, -0.1) is 0 Å². The Kier molecular flexibility index (Phi) is 23.9. The lowest BCUT2D eigenvalue weighted by atomic mass is 10.0. The van der Waals surface area contributed by atoms with Crippen LogP contribution in [0.4, 0.5) is 10.1 Å². The molecular weight excluding hydrogens is 529 g/mol. The Hall–Kier alpha value is -3.24. The van der Waals surface area contributed by atoms with Crippen molar-refractivity contribution in [2.24, 2.45) is 11.8 Å². The number of benzene rings is 1. The molecule has 232 valence electrons. The molecular formula is C31H50FN3O6. The van der Waals surface area contributed by atoms with Gasteiger partial charge in [0.15, 0.2) is 11.6 Å². The van der Waals surface area contributed by atoms with Crippen LogP contribution in [-0.2, 0) is 30.6 Å². The van der Waals surface area contributed by atoms with Crippen LogP contribution in [0.5, 0.6) is 0 Å². The summed E-state index contributed by atoms with van der Waals surface area (Å²) in [6.07, 6.45) is 9.21. The Morgan fingerprint density at radius 2 is 1.66 bits per heavy atom. The SMILES string of the molecule is CCC(C)C(=O)/C=C\C(C)=O.CCCCCCC(=O)NC(C=O)C(C)C.CNCC(=O)Nc1ccc(CO)cc1F. The molecule has 0 saturated carbocycles. The predicted octanol–water partition coefficient (Wildman–Crippen LogP) is 4.52. The molecule has 0 saturated heterocycles. The first-order valence-corrected chi connectivity index (χ1v) is 14.2. The zero-order valence-corrected chi connectivity index (χ0v) is 25.7. The second kappa shape index (κ2) is 24.5. The summed E-state index contributed by atoms with van der Waals surface area (Å²) in [5.41, 5.74) is 0.589. The van der Waals surface area contributed by atoms with Gasteiger partial charge in [-0.05, 0) is 62.6 Å². The molecule has 0 aliphatic heterocycles. The van der Waals surface area contributed by atoms with Gasteiger partial charge in [0.05, 0.1) is 24.9 Å². The number of aliphatic hydroxyl groups excluding tert-OH is 1. The van der Waals surface area contributed by atoms with E-state index in [0.717, 1.165) is 25.5 Å². The van der Waals surface area contributed by atoms with Gasteiger partial charge >= 0.3 is 0 Å². The number of amides is 2. The largest absolute Gasteiger partial charge is 0.392 e. The summed E-state index contributed by atoms with van der Waals surface area (Å²) in [7, 11) is 1.63. The number of allylic oxidation sites excluding steroid dienone is 2. The normalized spacial score (nSPS) is 11.9. The van der Waals surface area contributed by atoms with Crippen LogP contribution < -0.4 is 16.0 Å². The van der Waals surface area contributed by atoms with Crippen molar-refractivity contribution < 1.29 is 33.5 Å².